The molecule has 1 heterocycles. The minimum atomic E-state index is -0.0914. The quantitative estimate of drug-likeness (QED) is 0.665. The molecule has 0 saturated carbocycles. The number of amides is 1. The van der Waals surface area contributed by atoms with Gasteiger partial charge in [0.25, 0.3) is 5.91 Å². The third-order valence-corrected chi connectivity index (χ3v) is 4.67. The number of carbonyl (C=O) groups excluding carboxylic acids is 1. The molecule has 128 valence electrons. The molecule has 0 bridgehead atoms. The van der Waals surface area contributed by atoms with Crippen LogP contribution in [-0.4, -0.2) is 36.0 Å². The number of aromatic nitrogens is 1. The van der Waals surface area contributed by atoms with Crippen LogP contribution in [0.15, 0.2) is 60.0 Å². The summed E-state index contributed by atoms with van der Waals surface area (Å²) < 4.78 is 5.71. The molecule has 1 aromatic heterocycles. The van der Waals surface area contributed by atoms with E-state index in [4.69, 9.17) is 4.74 Å². The van der Waals surface area contributed by atoms with Crippen LogP contribution in [0.5, 0.6) is 5.75 Å². The Kier molecular flexibility index (Phi) is 5.46. The van der Waals surface area contributed by atoms with Gasteiger partial charge in [0.1, 0.15) is 23.1 Å². The molecule has 0 aliphatic heterocycles. The Morgan fingerprint density at radius 2 is 1.96 bits per heavy atom. The largest absolute Gasteiger partial charge is 0.492 e. The molecule has 5 heteroatoms. The molecule has 1 amide bonds. The first-order valence-corrected chi connectivity index (χ1v) is 8.97. The summed E-state index contributed by atoms with van der Waals surface area (Å²) in [5.41, 5.74) is 2.65. The van der Waals surface area contributed by atoms with Crippen molar-refractivity contribution in [2.24, 2.45) is 0 Å². The average molecular weight is 352 g/mol. The second kappa shape index (κ2) is 7.94. The normalized spacial score (nSPS) is 10.5. The molecule has 3 aromatic rings. The number of likely N-dealkylation sites (N-methyl/N-ethyl adjacent to an activating group) is 1. The zero-order chi connectivity index (χ0) is 17.6. The van der Waals surface area contributed by atoms with Crippen molar-refractivity contribution < 1.29 is 9.53 Å². The van der Waals surface area contributed by atoms with E-state index in [2.05, 4.69) is 4.98 Å². The molecular weight excluding hydrogens is 332 g/mol. The molecule has 25 heavy (non-hydrogen) atoms. The molecule has 0 aliphatic carbocycles. The second-order valence-electron chi connectivity index (χ2n) is 5.80. The lowest BCUT2D eigenvalue weighted by atomic mass is 10.2. The van der Waals surface area contributed by atoms with Gasteiger partial charge in [0, 0.05) is 18.0 Å². The minimum Gasteiger partial charge on any atom is -0.492 e. The van der Waals surface area contributed by atoms with Crippen molar-refractivity contribution >= 4 is 17.2 Å². The molecule has 0 unspecified atom stereocenters. The topological polar surface area (TPSA) is 42.4 Å². The molecule has 0 N–H and O–H groups in total. The summed E-state index contributed by atoms with van der Waals surface area (Å²) in [5.74, 6) is 0.729. The first kappa shape index (κ1) is 17.2. The number of ether oxygens (including phenoxy) is 1. The number of nitrogens with zero attached hydrogens (tertiary/aromatic N) is 2. The Morgan fingerprint density at radius 1 is 1.16 bits per heavy atom. The van der Waals surface area contributed by atoms with E-state index < -0.39 is 0 Å². The van der Waals surface area contributed by atoms with Gasteiger partial charge in [-0.05, 0) is 24.6 Å². The first-order chi connectivity index (χ1) is 12.1. The van der Waals surface area contributed by atoms with Crippen molar-refractivity contribution in [1.82, 2.24) is 9.88 Å². The Morgan fingerprint density at radius 3 is 2.72 bits per heavy atom. The molecule has 0 aliphatic rings. The van der Waals surface area contributed by atoms with Gasteiger partial charge in [0.15, 0.2) is 0 Å². The number of carbonyl (C=O) groups is 1. The summed E-state index contributed by atoms with van der Waals surface area (Å²) in [6.07, 6.45) is 0. The van der Waals surface area contributed by atoms with Crippen LogP contribution in [0.3, 0.4) is 0 Å². The van der Waals surface area contributed by atoms with Crippen molar-refractivity contribution in [1.29, 1.82) is 0 Å². The zero-order valence-electron chi connectivity index (χ0n) is 14.3. The van der Waals surface area contributed by atoms with Crippen LogP contribution in [0, 0.1) is 6.92 Å². The van der Waals surface area contributed by atoms with Crippen LogP contribution < -0.4 is 4.74 Å². The summed E-state index contributed by atoms with van der Waals surface area (Å²) in [5, 5.41) is 2.66. The molecule has 0 atom stereocenters. The second-order valence-corrected chi connectivity index (χ2v) is 6.65. The van der Waals surface area contributed by atoms with E-state index in [0.717, 1.165) is 21.9 Å². The first-order valence-electron chi connectivity index (χ1n) is 8.09. The molecule has 3 rings (SSSR count). The fraction of sp³-hybridized carbons (Fsp3) is 0.200. The monoisotopic (exact) mass is 352 g/mol. The average Bonchev–Trinajstić information content (AvgIpc) is 3.12. The van der Waals surface area contributed by atoms with Gasteiger partial charge in [-0.15, -0.1) is 11.3 Å². The predicted molar refractivity (Wildman–Crippen MR) is 101 cm³/mol. The summed E-state index contributed by atoms with van der Waals surface area (Å²) in [6.45, 7) is 2.97. The van der Waals surface area contributed by atoms with E-state index >= 15 is 0 Å². The number of aryl methyl sites for hydroxylation is 1. The summed E-state index contributed by atoms with van der Waals surface area (Å²) in [6, 6.07) is 17.8. The minimum absolute atomic E-state index is 0.0914. The van der Waals surface area contributed by atoms with E-state index in [1.807, 2.05) is 66.9 Å². The van der Waals surface area contributed by atoms with Crippen LogP contribution >= 0.6 is 11.3 Å². The SMILES string of the molecule is Cc1cccc(OCCN(C)C(=O)c2csc(-c3ccccc3)n2)c1. The van der Waals surface area contributed by atoms with Gasteiger partial charge in [-0.1, -0.05) is 42.5 Å². The highest BCUT2D eigenvalue weighted by atomic mass is 32.1. The van der Waals surface area contributed by atoms with Gasteiger partial charge in [0.05, 0.1) is 6.54 Å². The zero-order valence-corrected chi connectivity index (χ0v) is 15.1. The molecule has 0 fully saturated rings. The molecule has 0 radical (unpaired) electrons. The third-order valence-electron chi connectivity index (χ3n) is 3.78. The van der Waals surface area contributed by atoms with Gasteiger partial charge in [-0.25, -0.2) is 4.98 Å². The van der Waals surface area contributed by atoms with E-state index in [9.17, 15) is 4.79 Å². The van der Waals surface area contributed by atoms with E-state index in [-0.39, 0.29) is 5.91 Å². The van der Waals surface area contributed by atoms with Crippen molar-refractivity contribution in [3.63, 3.8) is 0 Å². The van der Waals surface area contributed by atoms with E-state index in [1.165, 1.54) is 11.3 Å². The van der Waals surface area contributed by atoms with Crippen LogP contribution in [-0.2, 0) is 0 Å². The summed E-state index contributed by atoms with van der Waals surface area (Å²) >= 11 is 1.48. The lowest BCUT2D eigenvalue weighted by molar-refractivity contribution is 0.0769. The smallest absolute Gasteiger partial charge is 0.273 e. The summed E-state index contributed by atoms with van der Waals surface area (Å²) in [4.78, 5) is 18.6. The van der Waals surface area contributed by atoms with Crippen LogP contribution in [0.4, 0.5) is 0 Å². The van der Waals surface area contributed by atoms with Gasteiger partial charge < -0.3 is 9.64 Å². The van der Waals surface area contributed by atoms with Crippen molar-refractivity contribution in [2.45, 2.75) is 6.92 Å². The fourth-order valence-corrected chi connectivity index (χ4v) is 3.19. The number of benzene rings is 2. The Balaban J connectivity index is 1.56. The number of hydrogen-bond acceptors (Lipinski definition) is 4. The highest BCUT2D eigenvalue weighted by Crippen LogP contribution is 2.23. The molecule has 0 saturated heterocycles. The molecule has 4 nitrogen and oxygen atoms in total. The summed E-state index contributed by atoms with van der Waals surface area (Å²) in [7, 11) is 1.77. The Labute approximate surface area is 151 Å². The highest BCUT2D eigenvalue weighted by Gasteiger charge is 2.16. The fourth-order valence-electron chi connectivity index (χ4n) is 2.39. The number of hydrogen-bond donors (Lipinski definition) is 0. The van der Waals surface area contributed by atoms with Gasteiger partial charge in [0.2, 0.25) is 0 Å². The molecular formula is C20H20N2O2S. The van der Waals surface area contributed by atoms with Gasteiger partial charge in [-0.2, -0.15) is 0 Å². The standard InChI is InChI=1S/C20H20N2O2S/c1-15-7-6-10-17(13-15)24-12-11-22(2)20(23)18-14-25-19(21-18)16-8-4-3-5-9-16/h3-10,13-14H,11-12H2,1-2H3. The molecule has 2 aromatic carbocycles. The maximum absolute atomic E-state index is 12.5. The number of thiazole rings is 1. The maximum Gasteiger partial charge on any atom is 0.273 e. The predicted octanol–water partition coefficient (Wildman–Crippen LogP) is 4.27. The lowest BCUT2D eigenvalue weighted by Gasteiger charge is -2.16. The van der Waals surface area contributed by atoms with Crippen LogP contribution in [0.25, 0.3) is 10.6 Å². The Bertz CT molecular complexity index is 846. The van der Waals surface area contributed by atoms with Gasteiger partial charge >= 0.3 is 0 Å². The van der Waals surface area contributed by atoms with Crippen molar-refractivity contribution in [2.75, 3.05) is 20.2 Å². The van der Waals surface area contributed by atoms with E-state index in [0.29, 0.717) is 18.8 Å². The van der Waals surface area contributed by atoms with Crippen molar-refractivity contribution in [3.05, 3.63) is 71.2 Å². The maximum atomic E-state index is 12.5. The van der Waals surface area contributed by atoms with Crippen LogP contribution in [0.2, 0.25) is 0 Å². The lowest BCUT2D eigenvalue weighted by Crippen LogP contribution is -2.31. The van der Waals surface area contributed by atoms with Crippen LogP contribution in [0.1, 0.15) is 16.1 Å². The Hall–Kier alpha value is -2.66. The van der Waals surface area contributed by atoms with Gasteiger partial charge in [-0.3, -0.25) is 4.79 Å². The highest BCUT2D eigenvalue weighted by molar-refractivity contribution is 7.13. The van der Waals surface area contributed by atoms with E-state index in [1.54, 1.807) is 11.9 Å². The number of rotatable bonds is 6. The third kappa shape index (κ3) is 4.45. The molecule has 0 spiro atoms. The van der Waals surface area contributed by atoms with Crippen molar-refractivity contribution in [3.8, 4) is 16.3 Å².